The predicted octanol–water partition coefficient (Wildman–Crippen LogP) is 2.51. The number of benzene rings is 2. The summed E-state index contributed by atoms with van der Waals surface area (Å²) in [5, 5.41) is 3.92. The lowest BCUT2D eigenvalue weighted by molar-refractivity contribution is -0.123. The van der Waals surface area contributed by atoms with E-state index in [1.807, 2.05) is 24.3 Å². The van der Waals surface area contributed by atoms with Gasteiger partial charge in [0.15, 0.2) is 18.1 Å². The van der Waals surface area contributed by atoms with E-state index in [0.29, 0.717) is 17.2 Å². The summed E-state index contributed by atoms with van der Waals surface area (Å²) in [6.45, 7) is 2.17. The Kier molecular flexibility index (Phi) is 4.96. The minimum atomic E-state index is -0.339. The SMILES string of the molecule is CCc1ccc(/C=N\NC(=O)COc2ccc3c(c2)OCO3)cc1. The van der Waals surface area contributed by atoms with Crippen molar-refractivity contribution in [2.45, 2.75) is 13.3 Å². The van der Waals surface area contributed by atoms with Crippen molar-refractivity contribution in [3.8, 4) is 17.2 Å². The lowest BCUT2D eigenvalue weighted by atomic mass is 10.1. The first-order chi connectivity index (χ1) is 11.7. The molecule has 0 aliphatic carbocycles. The van der Waals surface area contributed by atoms with Crippen molar-refractivity contribution in [2.75, 3.05) is 13.4 Å². The number of ether oxygens (including phenoxy) is 3. The summed E-state index contributed by atoms with van der Waals surface area (Å²) in [5.41, 5.74) is 4.61. The van der Waals surface area contributed by atoms with E-state index in [1.165, 1.54) is 5.56 Å². The average molecular weight is 326 g/mol. The van der Waals surface area contributed by atoms with E-state index in [2.05, 4.69) is 17.5 Å². The highest BCUT2D eigenvalue weighted by atomic mass is 16.7. The van der Waals surface area contributed by atoms with Gasteiger partial charge in [-0.2, -0.15) is 5.10 Å². The zero-order valence-corrected chi connectivity index (χ0v) is 13.3. The number of nitrogens with zero attached hydrogens (tertiary/aromatic N) is 1. The lowest BCUT2D eigenvalue weighted by Crippen LogP contribution is -2.24. The molecule has 0 aromatic heterocycles. The summed E-state index contributed by atoms with van der Waals surface area (Å²) >= 11 is 0. The molecule has 0 saturated heterocycles. The van der Waals surface area contributed by atoms with Crippen LogP contribution in [0.5, 0.6) is 17.2 Å². The first kappa shape index (κ1) is 15.9. The normalized spacial score (nSPS) is 12.4. The lowest BCUT2D eigenvalue weighted by Gasteiger charge is -2.05. The van der Waals surface area contributed by atoms with Crippen LogP contribution in [0.15, 0.2) is 47.6 Å². The van der Waals surface area contributed by atoms with E-state index in [4.69, 9.17) is 14.2 Å². The van der Waals surface area contributed by atoms with E-state index < -0.39 is 0 Å². The molecule has 0 radical (unpaired) electrons. The van der Waals surface area contributed by atoms with Crippen LogP contribution in [0.2, 0.25) is 0 Å². The van der Waals surface area contributed by atoms with Gasteiger partial charge in [0.25, 0.3) is 5.91 Å². The fourth-order valence-electron chi connectivity index (χ4n) is 2.17. The number of carbonyl (C=O) groups is 1. The van der Waals surface area contributed by atoms with Gasteiger partial charge in [0, 0.05) is 6.07 Å². The van der Waals surface area contributed by atoms with E-state index in [9.17, 15) is 4.79 Å². The summed E-state index contributed by atoms with van der Waals surface area (Å²) in [6.07, 6.45) is 2.59. The Bertz CT molecular complexity index is 741. The number of hydrogen-bond donors (Lipinski definition) is 1. The highest BCUT2D eigenvalue weighted by Crippen LogP contribution is 2.34. The number of carbonyl (C=O) groups excluding carboxylic acids is 1. The molecule has 2 aromatic rings. The molecule has 6 nitrogen and oxygen atoms in total. The smallest absolute Gasteiger partial charge is 0.277 e. The third-order valence-electron chi connectivity index (χ3n) is 3.50. The number of rotatable bonds is 6. The summed E-state index contributed by atoms with van der Waals surface area (Å²) in [4.78, 5) is 11.7. The van der Waals surface area contributed by atoms with Gasteiger partial charge in [0.2, 0.25) is 6.79 Å². The number of amides is 1. The van der Waals surface area contributed by atoms with Crippen molar-refractivity contribution in [2.24, 2.45) is 5.10 Å². The molecule has 6 heteroatoms. The molecular formula is C18H18N2O4. The van der Waals surface area contributed by atoms with Crippen molar-refractivity contribution >= 4 is 12.1 Å². The molecule has 1 heterocycles. The summed E-state index contributed by atoms with van der Waals surface area (Å²) in [7, 11) is 0. The van der Waals surface area contributed by atoms with Crippen molar-refractivity contribution in [1.29, 1.82) is 0 Å². The van der Waals surface area contributed by atoms with Crippen LogP contribution < -0.4 is 19.6 Å². The first-order valence-corrected chi connectivity index (χ1v) is 7.68. The molecule has 0 spiro atoms. The summed E-state index contributed by atoms with van der Waals surface area (Å²) < 4.78 is 15.9. The minimum absolute atomic E-state index is 0.133. The van der Waals surface area contributed by atoms with Gasteiger partial charge in [-0.05, 0) is 29.7 Å². The molecule has 0 fully saturated rings. The molecule has 2 aromatic carbocycles. The molecule has 1 N–H and O–H groups in total. The van der Waals surface area contributed by atoms with Gasteiger partial charge in [0.1, 0.15) is 5.75 Å². The van der Waals surface area contributed by atoms with Gasteiger partial charge in [-0.15, -0.1) is 0 Å². The second-order valence-electron chi connectivity index (χ2n) is 5.19. The van der Waals surface area contributed by atoms with Gasteiger partial charge in [0.05, 0.1) is 6.21 Å². The molecular weight excluding hydrogens is 308 g/mol. The summed E-state index contributed by atoms with van der Waals surface area (Å²) in [6, 6.07) is 13.1. The number of nitrogens with one attached hydrogen (secondary N) is 1. The Morgan fingerprint density at radius 1 is 1.21 bits per heavy atom. The highest BCUT2D eigenvalue weighted by Gasteiger charge is 2.14. The predicted molar refractivity (Wildman–Crippen MR) is 89.6 cm³/mol. The van der Waals surface area contributed by atoms with Crippen LogP contribution in [-0.2, 0) is 11.2 Å². The Labute approximate surface area is 140 Å². The fraction of sp³-hybridized carbons (Fsp3) is 0.222. The molecule has 1 amide bonds. The standard InChI is InChI=1S/C18H18N2O4/c1-2-13-3-5-14(6-4-13)10-19-20-18(21)11-22-15-7-8-16-17(9-15)24-12-23-16/h3-10H,2,11-12H2,1H3,(H,20,21)/b19-10-. The maximum absolute atomic E-state index is 11.7. The molecule has 0 saturated carbocycles. The van der Waals surface area contributed by atoms with Crippen LogP contribution in [-0.4, -0.2) is 25.5 Å². The van der Waals surface area contributed by atoms with Crippen molar-refractivity contribution in [1.82, 2.24) is 5.43 Å². The van der Waals surface area contributed by atoms with Crippen LogP contribution >= 0.6 is 0 Å². The molecule has 1 aliphatic heterocycles. The fourth-order valence-corrected chi connectivity index (χ4v) is 2.17. The van der Waals surface area contributed by atoms with E-state index >= 15 is 0 Å². The van der Waals surface area contributed by atoms with Crippen LogP contribution in [0, 0.1) is 0 Å². The van der Waals surface area contributed by atoms with Crippen molar-refractivity contribution in [3.05, 3.63) is 53.6 Å². The Morgan fingerprint density at radius 2 is 2.00 bits per heavy atom. The van der Waals surface area contributed by atoms with Crippen LogP contribution in [0.25, 0.3) is 0 Å². The van der Waals surface area contributed by atoms with Crippen LogP contribution in [0.4, 0.5) is 0 Å². The third-order valence-corrected chi connectivity index (χ3v) is 3.50. The van der Waals surface area contributed by atoms with Gasteiger partial charge in [-0.3, -0.25) is 4.79 Å². The summed E-state index contributed by atoms with van der Waals surface area (Å²) in [5.74, 6) is 1.48. The molecule has 0 unspecified atom stereocenters. The topological polar surface area (TPSA) is 69.2 Å². The van der Waals surface area contributed by atoms with Gasteiger partial charge < -0.3 is 14.2 Å². The molecule has 3 rings (SSSR count). The molecule has 124 valence electrons. The van der Waals surface area contributed by atoms with Crippen molar-refractivity contribution < 1.29 is 19.0 Å². The Morgan fingerprint density at radius 3 is 2.79 bits per heavy atom. The number of hydrazone groups is 1. The first-order valence-electron chi connectivity index (χ1n) is 7.68. The van der Waals surface area contributed by atoms with Crippen LogP contribution in [0.3, 0.4) is 0 Å². The van der Waals surface area contributed by atoms with Gasteiger partial charge >= 0.3 is 0 Å². The van der Waals surface area contributed by atoms with Crippen LogP contribution in [0.1, 0.15) is 18.1 Å². The highest BCUT2D eigenvalue weighted by molar-refractivity contribution is 5.82. The van der Waals surface area contributed by atoms with E-state index in [-0.39, 0.29) is 19.3 Å². The number of hydrogen-bond acceptors (Lipinski definition) is 5. The second-order valence-corrected chi connectivity index (χ2v) is 5.19. The zero-order valence-electron chi connectivity index (χ0n) is 13.3. The minimum Gasteiger partial charge on any atom is -0.484 e. The molecule has 24 heavy (non-hydrogen) atoms. The molecule has 0 atom stereocenters. The Balaban J connectivity index is 1.46. The molecule has 1 aliphatic rings. The maximum Gasteiger partial charge on any atom is 0.277 e. The third kappa shape index (κ3) is 4.04. The van der Waals surface area contributed by atoms with E-state index in [0.717, 1.165) is 12.0 Å². The van der Waals surface area contributed by atoms with E-state index in [1.54, 1.807) is 24.4 Å². The van der Waals surface area contributed by atoms with Gasteiger partial charge in [-0.25, -0.2) is 5.43 Å². The monoisotopic (exact) mass is 326 g/mol. The molecule has 0 bridgehead atoms. The van der Waals surface area contributed by atoms with Gasteiger partial charge in [-0.1, -0.05) is 31.2 Å². The zero-order chi connectivity index (χ0) is 16.8. The van der Waals surface area contributed by atoms with Crippen molar-refractivity contribution in [3.63, 3.8) is 0 Å². The second kappa shape index (κ2) is 7.50. The maximum atomic E-state index is 11.7. The largest absolute Gasteiger partial charge is 0.484 e. The number of fused-ring (bicyclic) bond motifs is 1. The number of aryl methyl sites for hydroxylation is 1. The Hall–Kier alpha value is -3.02. The average Bonchev–Trinajstić information content (AvgIpc) is 3.08. The quantitative estimate of drug-likeness (QED) is 0.654.